The number of carbonyl (C=O) groups excluding carboxylic acids is 3. The van der Waals surface area contributed by atoms with Gasteiger partial charge in [0.25, 0.3) is 5.91 Å². The Morgan fingerprint density at radius 1 is 1.28 bits per heavy atom. The summed E-state index contributed by atoms with van der Waals surface area (Å²) >= 11 is 5.85. The van der Waals surface area contributed by atoms with E-state index in [-0.39, 0.29) is 6.54 Å². The zero-order valence-electron chi connectivity index (χ0n) is 14.3. The van der Waals surface area contributed by atoms with Crippen molar-refractivity contribution in [1.29, 1.82) is 0 Å². The fourth-order valence-corrected chi connectivity index (χ4v) is 1.94. The molecule has 1 atom stereocenters. The van der Waals surface area contributed by atoms with Crippen LogP contribution in [0.5, 0.6) is 5.75 Å². The molecule has 0 fully saturated rings. The fourth-order valence-electron chi connectivity index (χ4n) is 1.71. The minimum atomic E-state index is -0.928. The first-order valence-electron chi connectivity index (χ1n) is 7.49. The van der Waals surface area contributed by atoms with E-state index in [4.69, 9.17) is 25.8 Å². The second-order valence-electron chi connectivity index (χ2n) is 5.07. The first-order valence-corrected chi connectivity index (χ1v) is 7.87. The number of methoxy groups -OCH3 is 1. The SMILES string of the molecule is COCCNC(=O)NC(=O)COC(=O)C(C)Oc1ccc(Cl)cc1C. The highest BCUT2D eigenvalue weighted by Gasteiger charge is 2.19. The Morgan fingerprint density at radius 2 is 2.00 bits per heavy atom. The van der Waals surface area contributed by atoms with Crippen LogP contribution in [0.2, 0.25) is 5.02 Å². The molecule has 1 aromatic rings. The van der Waals surface area contributed by atoms with Crippen molar-refractivity contribution in [1.82, 2.24) is 10.6 Å². The first kappa shape index (κ1) is 20.7. The maximum Gasteiger partial charge on any atom is 0.347 e. The molecule has 1 aromatic carbocycles. The molecular formula is C16H21ClN2O6. The lowest BCUT2D eigenvalue weighted by molar-refractivity contribution is -0.154. The van der Waals surface area contributed by atoms with E-state index >= 15 is 0 Å². The summed E-state index contributed by atoms with van der Waals surface area (Å²) in [6.07, 6.45) is -0.928. The smallest absolute Gasteiger partial charge is 0.347 e. The molecule has 3 amide bonds. The van der Waals surface area contributed by atoms with E-state index in [0.717, 1.165) is 5.56 Å². The number of urea groups is 1. The summed E-state index contributed by atoms with van der Waals surface area (Å²) in [6, 6.07) is 4.28. The van der Waals surface area contributed by atoms with Crippen LogP contribution in [0.15, 0.2) is 18.2 Å². The van der Waals surface area contributed by atoms with Gasteiger partial charge in [-0.2, -0.15) is 0 Å². The van der Waals surface area contributed by atoms with Gasteiger partial charge in [0.05, 0.1) is 6.61 Å². The largest absolute Gasteiger partial charge is 0.479 e. The van der Waals surface area contributed by atoms with Gasteiger partial charge in [0, 0.05) is 18.7 Å². The highest BCUT2D eigenvalue weighted by molar-refractivity contribution is 6.30. The van der Waals surface area contributed by atoms with Gasteiger partial charge in [0.2, 0.25) is 0 Å². The number of nitrogens with one attached hydrogen (secondary N) is 2. The molecule has 0 spiro atoms. The highest BCUT2D eigenvalue weighted by atomic mass is 35.5. The zero-order chi connectivity index (χ0) is 18.8. The van der Waals surface area contributed by atoms with Gasteiger partial charge in [-0.05, 0) is 37.6 Å². The fraction of sp³-hybridized carbons (Fsp3) is 0.438. The summed E-state index contributed by atoms with van der Waals surface area (Å²) in [5.41, 5.74) is 0.762. The third-order valence-corrected chi connectivity index (χ3v) is 3.20. The standard InChI is InChI=1S/C16H21ClN2O6/c1-10-8-12(17)4-5-13(10)25-11(2)15(21)24-9-14(20)19-16(22)18-6-7-23-3/h4-5,8,11H,6-7,9H2,1-3H3,(H2,18,19,20,22). The number of hydrogen-bond donors (Lipinski definition) is 2. The number of rotatable bonds is 8. The van der Waals surface area contributed by atoms with Gasteiger partial charge in [-0.15, -0.1) is 0 Å². The normalized spacial score (nSPS) is 11.4. The second-order valence-corrected chi connectivity index (χ2v) is 5.51. The molecular weight excluding hydrogens is 352 g/mol. The molecule has 0 heterocycles. The summed E-state index contributed by atoms with van der Waals surface area (Å²) in [5.74, 6) is -1.00. The van der Waals surface area contributed by atoms with Gasteiger partial charge >= 0.3 is 12.0 Å². The van der Waals surface area contributed by atoms with Crippen LogP contribution in [0.4, 0.5) is 4.79 Å². The van der Waals surface area contributed by atoms with E-state index in [1.54, 1.807) is 25.1 Å². The van der Waals surface area contributed by atoms with Gasteiger partial charge < -0.3 is 19.5 Å². The van der Waals surface area contributed by atoms with Crippen LogP contribution >= 0.6 is 11.6 Å². The predicted molar refractivity (Wildman–Crippen MR) is 90.7 cm³/mol. The third-order valence-electron chi connectivity index (χ3n) is 2.96. The van der Waals surface area contributed by atoms with Crippen LogP contribution in [0.25, 0.3) is 0 Å². The number of aryl methyl sites for hydroxylation is 1. The van der Waals surface area contributed by atoms with Gasteiger partial charge in [0.15, 0.2) is 12.7 Å². The molecule has 0 aromatic heterocycles. The Kier molecular flexibility index (Phi) is 8.73. The number of halogens is 1. The molecule has 0 aliphatic carbocycles. The number of esters is 1. The topological polar surface area (TPSA) is 103 Å². The monoisotopic (exact) mass is 372 g/mol. The van der Waals surface area contributed by atoms with Crippen LogP contribution in [-0.4, -0.2) is 50.9 Å². The first-order chi connectivity index (χ1) is 11.8. The molecule has 0 bridgehead atoms. The van der Waals surface area contributed by atoms with Gasteiger partial charge in [-0.25, -0.2) is 9.59 Å². The molecule has 9 heteroatoms. The lowest BCUT2D eigenvalue weighted by Crippen LogP contribution is -2.43. The van der Waals surface area contributed by atoms with Crippen molar-refractivity contribution >= 4 is 29.5 Å². The molecule has 0 saturated carbocycles. The van der Waals surface area contributed by atoms with Crippen molar-refractivity contribution in [2.75, 3.05) is 26.9 Å². The Balaban J connectivity index is 2.37. The van der Waals surface area contributed by atoms with Crippen LogP contribution < -0.4 is 15.4 Å². The van der Waals surface area contributed by atoms with Crippen molar-refractivity contribution in [3.63, 3.8) is 0 Å². The quantitative estimate of drug-likeness (QED) is 0.528. The maximum atomic E-state index is 11.9. The molecule has 1 unspecified atom stereocenters. The Hall–Kier alpha value is -2.32. The number of imide groups is 1. The van der Waals surface area contributed by atoms with Crippen molar-refractivity contribution in [2.45, 2.75) is 20.0 Å². The zero-order valence-corrected chi connectivity index (χ0v) is 15.0. The molecule has 8 nitrogen and oxygen atoms in total. The molecule has 0 saturated heterocycles. The third kappa shape index (κ3) is 7.86. The lowest BCUT2D eigenvalue weighted by atomic mass is 10.2. The van der Waals surface area contributed by atoms with E-state index in [9.17, 15) is 14.4 Å². The van der Waals surface area contributed by atoms with Crippen LogP contribution in [-0.2, 0) is 19.1 Å². The van der Waals surface area contributed by atoms with E-state index in [1.807, 2.05) is 5.32 Å². The average Bonchev–Trinajstić information content (AvgIpc) is 2.55. The Morgan fingerprint density at radius 3 is 2.64 bits per heavy atom. The molecule has 1 rings (SSSR count). The second kappa shape index (κ2) is 10.5. The van der Waals surface area contributed by atoms with Crippen molar-refractivity contribution < 1.29 is 28.6 Å². The summed E-state index contributed by atoms with van der Waals surface area (Å²) in [7, 11) is 1.49. The van der Waals surface area contributed by atoms with Crippen molar-refractivity contribution in [3.8, 4) is 5.75 Å². The minimum Gasteiger partial charge on any atom is -0.479 e. The lowest BCUT2D eigenvalue weighted by Gasteiger charge is -2.15. The molecule has 138 valence electrons. The highest BCUT2D eigenvalue weighted by Crippen LogP contribution is 2.22. The molecule has 2 N–H and O–H groups in total. The van der Waals surface area contributed by atoms with Crippen LogP contribution in [0.1, 0.15) is 12.5 Å². The number of amides is 3. The summed E-state index contributed by atoms with van der Waals surface area (Å²) in [4.78, 5) is 34.7. The maximum absolute atomic E-state index is 11.9. The number of carbonyl (C=O) groups is 3. The van der Waals surface area contributed by atoms with Gasteiger partial charge in [0.1, 0.15) is 5.75 Å². The van der Waals surface area contributed by atoms with Crippen LogP contribution in [0.3, 0.4) is 0 Å². The van der Waals surface area contributed by atoms with Gasteiger partial charge in [-0.3, -0.25) is 10.1 Å². The minimum absolute atomic E-state index is 0.251. The Labute approximate surface area is 150 Å². The van der Waals surface area contributed by atoms with Crippen LogP contribution in [0, 0.1) is 6.92 Å². The summed E-state index contributed by atoms with van der Waals surface area (Å²) < 4.78 is 15.1. The number of ether oxygens (including phenoxy) is 3. The summed E-state index contributed by atoms with van der Waals surface area (Å²) in [6.45, 7) is 3.25. The average molecular weight is 373 g/mol. The van der Waals surface area contributed by atoms with Gasteiger partial charge in [-0.1, -0.05) is 11.6 Å². The molecule has 0 radical (unpaired) electrons. The Bertz CT molecular complexity index is 623. The molecule has 25 heavy (non-hydrogen) atoms. The van der Waals surface area contributed by atoms with E-state index < -0.39 is 30.6 Å². The van der Waals surface area contributed by atoms with E-state index in [0.29, 0.717) is 17.4 Å². The van der Waals surface area contributed by atoms with Crippen molar-refractivity contribution in [3.05, 3.63) is 28.8 Å². The molecule has 0 aliphatic heterocycles. The molecule has 0 aliphatic rings. The van der Waals surface area contributed by atoms with E-state index in [2.05, 4.69) is 5.32 Å². The van der Waals surface area contributed by atoms with Crippen molar-refractivity contribution in [2.24, 2.45) is 0 Å². The summed E-state index contributed by atoms with van der Waals surface area (Å²) in [5, 5.41) is 4.97. The van der Waals surface area contributed by atoms with E-state index in [1.165, 1.54) is 14.0 Å². The predicted octanol–water partition coefficient (Wildman–Crippen LogP) is 1.43. The number of benzene rings is 1. The number of hydrogen-bond acceptors (Lipinski definition) is 6.